The first-order chi connectivity index (χ1) is 12.4. The third kappa shape index (κ3) is 6.92. The van der Waals surface area contributed by atoms with E-state index in [1.165, 1.54) is 0 Å². The van der Waals surface area contributed by atoms with Crippen LogP contribution in [-0.2, 0) is 35.1 Å². The minimum atomic E-state index is -1.38. The lowest BCUT2D eigenvalue weighted by Crippen LogP contribution is -2.52. The lowest BCUT2D eigenvalue weighted by molar-refractivity contribution is -0.157. The molecule has 0 bridgehead atoms. The molecule has 142 valence electrons. The number of nitrogens with two attached hydrogens (primary N) is 1. The van der Waals surface area contributed by atoms with Crippen molar-refractivity contribution in [1.29, 1.82) is 0 Å². The van der Waals surface area contributed by atoms with Gasteiger partial charge in [0, 0.05) is 0 Å². The first-order valence-electron chi connectivity index (χ1n) is 8.33. The van der Waals surface area contributed by atoms with Crippen molar-refractivity contribution in [2.24, 2.45) is 11.7 Å². The van der Waals surface area contributed by atoms with Crippen LogP contribution in [0.5, 0.6) is 0 Å². The summed E-state index contributed by atoms with van der Waals surface area (Å²) in [7, 11) is 0. The number of carbonyl (C=O) groups excluding carboxylic acids is 4. The Morgan fingerprint density at radius 1 is 1.04 bits per heavy atom. The fourth-order valence-corrected chi connectivity index (χ4v) is 2.36. The summed E-state index contributed by atoms with van der Waals surface area (Å²) >= 11 is 0. The van der Waals surface area contributed by atoms with E-state index < -0.39 is 42.1 Å². The average molecular weight is 364 g/mol. The summed E-state index contributed by atoms with van der Waals surface area (Å²) in [5.41, 5.74) is 6.08. The van der Waals surface area contributed by atoms with Gasteiger partial charge >= 0.3 is 11.9 Å². The molecule has 0 spiro atoms. The fourth-order valence-electron chi connectivity index (χ4n) is 2.36. The molecule has 1 rings (SSSR count). The molecule has 1 aromatic rings. The van der Waals surface area contributed by atoms with E-state index in [0.29, 0.717) is 0 Å². The minimum absolute atomic E-state index is 0.000425. The zero-order valence-corrected chi connectivity index (χ0v) is 14.9. The first kappa shape index (κ1) is 21.1. The molecular weight excluding hydrogens is 340 g/mol. The Balaban J connectivity index is 2.91. The van der Waals surface area contributed by atoms with Gasteiger partial charge in [-0.05, 0) is 19.4 Å². The number of ether oxygens (including phenoxy) is 2. The second-order valence-corrected chi connectivity index (χ2v) is 5.48. The first-order valence-corrected chi connectivity index (χ1v) is 8.33. The van der Waals surface area contributed by atoms with Crippen molar-refractivity contribution in [2.45, 2.75) is 32.7 Å². The Hall–Kier alpha value is -2.90. The van der Waals surface area contributed by atoms with Gasteiger partial charge in [-0.3, -0.25) is 19.2 Å². The van der Waals surface area contributed by atoms with Crippen LogP contribution in [-0.4, -0.2) is 43.0 Å². The molecule has 0 aliphatic carbocycles. The SMILES string of the molecule is CCOC(=O)C[C@@H](C(=O)OCC)[C@H](NC(=O)Cc1ccccc1)C(N)=O. The van der Waals surface area contributed by atoms with Crippen LogP contribution in [0.15, 0.2) is 30.3 Å². The van der Waals surface area contributed by atoms with Gasteiger partial charge in [0.05, 0.1) is 32.0 Å². The molecule has 0 radical (unpaired) electrons. The summed E-state index contributed by atoms with van der Waals surface area (Å²) in [6, 6.07) is 7.48. The van der Waals surface area contributed by atoms with Crippen molar-refractivity contribution in [2.75, 3.05) is 13.2 Å². The van der Waals surface area contributed by atoms with E-state index in [-0.39, 0.29) is 19.6 Å². The number of rotatable bonds is 10. The minimum Gasteiger partial charge on any atom is -0.466 e. The van der Waals surface area contributed by atoms with Gasteiger partial charge in [-0.2, -0.15) is 0 Å². The van der Waals surface area contributed by atoms with E-state index in [0.717, 1.165) is 5.56 Å². The normalized spacial score (nSPS) is 12.5. The monoisotopic (exact) mass is 364 g/mol. The van der Waals surface area contributed by atoms with E-state index in [2.05, 4.69) is 5.32 Å². The molecule has 26 heavy (non-hydrogen) atoms. The second kappa shape index (κ2) is 10.9. The zero-order valence-electron chi connectivity index (χ0n) is 14.9. The summed E-state index contributed by atoms with van der Waals surface area (Å²) in [4.78, 5) is 48.0. The number of benzene rings is 1. The van der Waals surface area contributed by atoms with Crippen molar-refractivity contribution in [3.05, 3.63) is 35.9 Å². The van der Waals surface area contributed by atoms with E-state index in [1.54, 1.807) is 38.1 Å². The highest BCUT2D eigenvalue weighted by molar-refractivity contribution is 5.93. The lowest BCUT2D eigenvalue weighted by Gasteiger charge is -2.23. The summed E-state index contributed by atoms with van der Waals surface area (Å²) in [5.74, 6) is -4.18. The van der Waals surface area contributed by atoms with Crippen LogP contribution in [0, 0.1) is 5.92 Å². The molecule has 0 unspecified atom stereocenters. The van der Waals surface area contributed by atoms with Gasteiger partial charge in [0.1, 0.15) is 6.04 Å². The van der Waals surface area contributed by atoms with Gasteiger partial charge in [-0.1, -0.05) is 30.3 Å². The van der Waals surface area contributed by atoms with Crippen molar-refractivity contribution in [3.63, 3.8) is 0 Å². The molecule has 0 heterocycles. The maximum Gasteiger partial charge on any atom is 0.312 e. The Bertz CT molecular complexity index is 632. The molecule has 1 aromatic carbocycles. The quantitative estimate of drug-likeness (QED) is 0.577. The van der Waals surface area contributed by atoms with E-state index in [1.807, 2.05) is 6.07 Å². The molecule has 0 fully saturated rings. The van der Waals surface area contributed by atoms with Gasteiger partial charge in [0.25, 0.3) is 0 Å². The van der Waals surface area contributed by atoms with Crippen LogP contribution in [0.25, 0.3) is 0 Å². The fraction of sp³-hybridized carbons (Fsp3) is 0.444. The van der Waals surface area contributed by atoms with Gasteiger partial charge in [0.15, 0.2) is 0 Å². The predicted molar refractivity (Wildman–Crippen MR) is 92.6 cm³/mol. The number of carbonyl (C=O) groups is 4. The molecular formula is C18H24N2O6. The number of nitrogens with one attached hydrogen (secondary N) is 1. The molecule has 0 aromatic heterocycles. The highest BCUT2D eigenvalue weighted by atomic mass is 16.5. The summed E-state index contributed by atoms with van der Waals surface area (Å²) in [6.07, 6.45) is -0.425. The smallest absolute Gasteiger partial charge is 0.312 e. The number of primary amides is 1. The van der Waals surface area contributed by atoms with Gasteiger partial charge in [-0.15, -0.1) is 0 Å². The molecule has 8 heteroatoms. The van der Waals surface area contributed by atoms with Gasteiger partial charge < -0.3 is 20.5 Å². The van der Waals surface area contributed by atoms with Crippen LogP contribution in [0.3, 0.4) is 0 Å². The largest absolute Gasteiger partial charge is 0.466 e. The molecule has 0 aliphatic rings. The number of hydrogen-bond donors (Lipinski definition) is 2. The lowest BCUT2D eigenvalue weighted by atomic mass is 9.95. The Morgan fingerprint density at radius 3 is 2.19 bits per heavy atom. The molecule has 8 nitrogen and oxygen atoms in total. The van der Waals surface area contributed by atoms with Crippen molar-refractivity contribution in [1.82, 2.24) is 5.32 Å². The number of amides is 2. The third-order valence-electron chi connectivity index (χ3n) is 3.51. The van der Waals surface area contributed by atoms with Crippen LogP contribution in [0.2, 0.25) is 0 Å². The number of hydrogen-bond acceptors (Lipinski definition) is 6. The van der Waals surface area contributed by atoms with Crippen LogP contribution < -0.4 is 11.1 Å². The highest BCUT2D eigenvalue weighted by Crippen LogP contribution is 2.14. The molecule has 2 atom stereocenters. The Kier molecular flexibility index (Phi) is 8.83. The van der Waals surface area contributed by atoms with Crippen LogP contribution in [0.1, 0.15) is 25.8 Å². The number of esters is 2. The highest BCUT2D eigenvalue weighted by Gasteiger charge is 2.37. The zero-order chi connectivity index (χ0) is 19.5. The second-order valence-electron chi connectivity index (χ2n) is 5.48. The average Bonchev–Trinajstić information content (AvgIpc) is 2.59. The van der Waals surface area contributed by atoms with Gasteiger partial charge in [0.2, 0.25) is 11.8 Å². The van der Waals surface area contributed by atoms with E-state index >= 15 is 0 Å². The Morgan fingerprint density at radius 2 is 1.65 bits per heavy atom. The van der Waals surface area contributed by atoms with Gasteiger partial charge in [-0.25, -0.2) is 0 Å². The van der Waals surface area contributed by atoms with Crippen LogP contribution >= 0.6 is 0 Å². The molecule has 0 aliphatic heterocycles. The summed E-state index contributed by atoms with van der Waals surface area (Å²) < 4.78 is 9.73. The topological polar surface area (TPSA) is 125 Å². The van der Waals surface area contributed by atoms with Crippen molar-refractivity contribution in [3.8, 4) is 0 Å². The third-order valence-corrected chi connectivity index (χ3v) is 3.51. The summed E-state index contributed by atoms with van der Waals surface area (Å²) in [6.45, 7) is 3.38. The molecule has 0 saturated heterocycles. The van der Waals surface area contributed by atoms with Crippen molar-refractivity contribution < 1.29 is 28.7 Å². The maximum atomic E-state index is 12.2. The standard InChI is InChI=1S/C18H24N2O6/c1-3-25-15(22)11-13(18(24)26-4-2)16(17(19)23)20-14(21)10-12-8-6-5-7-9-12/h5-9,13,16H,3-4,10-11H2,1-2H3,(H2,19,23)(H,20,21)/t13-,16+/m1/s1. The van der Waals surface area contributed by atoms with E-state index in [9.17, 15) is 19.2 Å². The molecule has 3 N–H and O–H groups in total. The predicted octanol–water partition coefficient (Wildman–Crippen LogP) is 0.332. The van der Waals surface area contributed by atoms with Crippen LogP contribution in [0.4, 0.5) is 0 Å². The maximum absolute atomic E-state index is 12.2. The van der Waals surface area contributed by atoms with E-state index in [4.69, 9.17) is 15.2 Å². The van der Waals surface area contributed by atoms with Crippen molar-refractivity contribution >= 4 is 23.8 Å². The Labute approximate surface area is 152 Å². The molecule has 0 saturated carbocycles. The molecule has 2 amide bonds. The summed E-state index contributed by atoms with van der Waals surface area (Å²) in [5, 5.41) is 2.43.